The quantitative estimate of drug-likeness (QED) is 0.264. The summed E-state index contributed by atoms with van der Waals surface area (Å²) in [7, 11) is 1.26. The van der Waals surface area contributed by atoms with Gasteiger partial charge in [-0.05, 0) is 40.3 Å². The van der Waals surface area contributed by atoms with Gasteiger partial charge in [-0.15, -0.1) is 0 Å². The number of hydrogen-bond donors (Lipinski definition) is 4. The van der Waals surface area contributed by atoms with E-state index in [9.17, 15) is 15.0 Å². The van der Waals surface area contributed by atoms with Gasteiger partial charge in [-0.25, -0.2) is 20.4 Å². The molecular weight excluding hydrogens is 507 g/mol. The Labute approximate surface area is 184 Å². The van der Waals surface area contributed by atoms with Crippen LogP contribution in [0.25, 0.3) is 11.2 Å². The first-order chi connectivity index (χ1) is 14.5. The molecular formula is C18H19IN6O5. The predicted octanol–water partition coefficient (Wildman–Crippen LogP) is 0.340. The van der Waals surface area contributed by atoms with Crippen LogP contribution in [-0.4, -0.2) is 61.1 Å². The summed E-state index contributed by atoms with van der Waals surface area (Å²) in [5.41, 5.74) is 4.03. The van der Waals surface area contributed by atoms with Crippen LogP contribution in [0.2, 0.25) is 0 Å². The number of halogens is 1. The van der Waals surface area contributed by atoms with Crippen molar-refractivity contribution in [3.8, 4) is 0 Å². The zero-order valence-corrected chi connectivity index (χ0v) is 17.9. The van der Waals surface area contributed by atoms with Crippen LogP contribution in [0.5, 0.6) is 0 Å². The summed E-state index contributed by atoms with van der Waals surface area (Å²) in [5.74, 6) is -0.190. The number of aliphatic hydroxyl groups excluding tert-OH is 2. The highest BCUT2D eigenvalue weighted by Gasteiger charge is 2.48. The van der Waals surface area contributed by atoms with Gasteiger partial charge in [0.15, 0.2) is 29.3 Å². The number of aromatic nitrogens is 4. The van der Waals surface area contributed by atoms with Crippen LogP contribution >= 0.6 is 22.6 Å². The summed E-state index contributed by atoms with van der Waals surface area (Å²) < 4.78 is 8.17. The molecule has 1 amide bonds. The van der Waals surface area contributed by atoms with E-state index in [4.69, 9.17) is 4.74 Å². The monoisotopic (exact) mass is 526 g/mol. The molecule has 1 aliphatic rings. The number of hydrogen-bond acceptors (Lipinski definition) is 9. The average Bonchev–Trinajstić information content (AvgIpc) is 3.28. The zero-order valence-electron chi connectivity index (χ0n) is 15.8. The standard InChI is InChI=1S/C18H19IN6O5/c1-29-24-17(28)14-12(26)13(27)18(30-14)25-8-23-11-15(21-7-22-16(11)25)20-6-9-3-2-4-10(19)5-9/h2-5,7-8,12-14,18,26-27H,6H2,1H3,(H,24,28)(H,20,21,22). The number of anilines is 1. The Morgan fingerprint density at radius 1 is 1.30 bits per heavy atom. The number of imidazole rings is 1. The summed E-state index contributed by atoms with van der Waals surface area (Å²) in [6.45, 7) is 0.538. The first-order valence-electron chi connectivity index (χ1n) is 9.00. The maximum Gasteiger partial charge on any atom is 0.275 e. The maximum absolute atomic E-state index is 12.0. The van der Waals surface area contributed by atoms with E-state index in [1.54, 1.807) is 0 Å². The highest BCUT2D eigenvalue weighted by atomic mass is 127. The van der Waals surface area contributed by atoms with Gasteiger partial charge in [0.25, 0.3) is 5.91 Å². The van der Waals surface area contributed by atoms with Gasteiger partial charge < -0.3 is 20.3 Å². The number of carbonyl (C=O) groups excluding carboxylic acids is 1. The minimum Gasteiger partial charge on any atom is -0.387 e. The second kappa shape index (κ2) is 8.77. The molecule has 0 radical (unpaired) electrons. The molecule has 4 atom stereocenters. The van der Waals surface area contributed by atoms with Gasteiger partial charge in [0.2, 0.25) is 0 Å². The van der Waals surface area contributed by atoms with E-state index in [1.807, 2.05) is 18.2 Å². The van der Waals surface area contributed by atoms with Crippen molar-refractivity contribution in [2.24, 2.45) is 0 Å². The van der Waals surface area contributed by atoms with Crippen molar-refractivity contribution in [3.05, 3.63) is 46.1 Å². The third-order valence-electron chi connectivity index (χ3n) is 4.68. The first kappa shape index (κ1) is 20.9. The van der Waals surface area contributed by atoms with Crippen LogP contribution in [0.15, 0.2) is 36.9 Å². The first-order valence-corrected chi connectivity index (χ1v) is 10.1. The van der Waals surface area contributed by atoms with Crippen LogP contribution < -0.4 is 10.8 Å². The second-order valence-electron chi connectivity index (χ2n) is 6.63. The van der Waals surface area contributed by atoms with Crippen molar-refractivity contribution in [3.63, 3.8) is 0 Å². The third kappa shape index (κ3) is 3.96. The van der Waals surface area contributed by atoms with E-state index < -0.39 is 30.4 Å². The lowest BCUT2D eigenvalue weighted by atomic mass is 10.1. The van der Waals surface area contributed by atoms with Crippen molar-refractivity contribution in [2.45, 2.75) is 31.1 Å². The van der Waals surface area contributed by atoms with Crippen LogP contribution in [0.1, 0.15) is 11.8 Å². The van der Waals surface area contributed by atoms with E-state index in [2.05, 4.69) is 59.2 Å². The fraction of sp³-hybridized carbons (Fsp3) is 0.333. The van der Waals surface area contributed by atoms with Crippen molar-refractivity contribution in [1.82, 2.24) is 25.0 Å². The molecule has 1 fully saturated rings. The van der Waals surface area contributed by atoms with Gasteiger partial charge >= 0.3 is 0 Å². The van der Waals surface area contributed by atoms with Crippen LogP contribution in [0.3, 0.4) is 0 Å². The number of fused-ring (bicyclic) bond motifs is 1. The lowest BCUT2D eigenvalue weighted by molar-refractivity contribution is -0.148. The number of amides is 1. The molecule has 1 aliphatic heterocycles. The molecule has 4 rings (SSSR count). The van der Waals surface area contributed by atoms with Crippen molar-refractivity contribution >= 4 is 45.5 Å². The summed E-state index contributed by atoms with van der Waals surface area (Å²) in [6.07, 6.45) is -2.38. The van der Waals surface area contributed by atoms with Crippen LogP contribution in [0.4, 0.5) is 5.82 Å². The summed E-state index contributed by atoms with van der Waals surface area (Å²) >= 11 is 2.25. The molecule has 1 aromatic carbocycles. The Morgan fingerprint density at radius 3 is 2.90 bits per heavy atom. The van der Waals surface area contributed by atoms with E-state index in [-0.39, 0.29) is 0 Å². The minimum absolute atomic E-state index is 0.388. The molecule has 3 aromatic rings. The van der Waals surface area contributed by atoms with Crippen LogP contribution in [-0.2, 0) is 20.9 Å². The highest BCUT2D eigenvalue weighted by molar-refractivity contribution is 14.1. The lowest BCUT2D eigenvalue weighted by Gasteiger charge is -2.16. The number of nitrogens with one attached hydrogen (secondary N) is 2. The van der Waals surface area contributed by atoms with Gasteiger partial charge in [0.1, 0.15) is 18.5 Å². The van der Waals surface area contributed by atoms with Crippen molar-refractivity contribution in [1.29, 1.82) is 0 Å². The normalized spacial score (nSPS) is 23.6. The topological polar surface area (TPSA) is 144 Å². The molecule has 0 aliphatic carbocycles. The number of carbonyl (C=O) groups is 1. The maximum atomic E-state index is 12.0. The molecule has 1 saturated heterocycles. The number of rotatable bonds is 6. The number of aliphatic hydroxyl groups is 2. The van der Waals surface area contributed by atoms with Gasteiger partial charge in [-0.3, -0.25) is 14.2 Å². The Kier molecular flexibility index (Phi) is 6.10. The summed E-state index contributed by atoms with van der Waals surface area (Å²) in [4.78, 5) is 29.4. The molecule has 2 aromatic heterocycles. The van der Waals surface area contributed by atoms with Crippen molar-refractivity contribution in [2.75, 3.05) is 12.4 Å². The van der Waals surface area contributed by atoms with Gasteiger partial charge in [0, 0.05) is 10.1 Å². The minimum atomic E-state index is -1.44. The van der Waals surface area contributed by atoms with Crippen molar-refractivity contribution < 1.29 is 24.6 Å². The molecule has 0 saturated carbocycles. The number of ether oxygens (including phenoxy) is 1. The molecule has 4 unspecified atom stereocenters. The lowest BCUT2D eigenvalue weighted by Crippen LogP contribution is -2.42. The Balaban J connectivity index is 1.58. The SMILES string of the molecule is CONC(=O)C1OC(n2cnc3c(NCc4cccc(I)c4)ncnc32)C(O)C1O. The predicted molar refractivity (Wildman–Crippen MR) is 113 cm³/mol. The molecule has 0 bridgehead atoms. The molecule has 158 valence electrons. The zero-order chi connectivity index (χ0) is 21.3. The molecule has 3 heterocycles. The summed E-state index contributed by atoms with van der Waals surface area (Å²) in [6, 6.07) is 8.04. The number of hydroxylamine groups is 1. The van der Waals surface area contributed by atoms with E-state index in [1.165, 1.54) is 24.3 Å². The molecule has 4 N–H and O–H groups in total. The average molecular weight is 526 g/mol. The third-order valence-corrected chi connectivity index (χ3v) is 5.35. The van der Waals surface area contributed by atoms with Gasteiger partial charge in [-0.1, -0.05) is 12.1 Å². The Hall–Kier alpha value is -2.39. The number of benzene rings is 1. The number of nitrogens with zero attached hydrogens (tertiary/aromatic N) is 4. The second-order valence-corrected chi connectivity index (χ2v) is 7.87. The van der Waals surface area contributed by atoms with E-state index in [0.29, 0.717) is 23.5 Å². The van der Waals surface area contributed by atoms with E-state index in [0.717, 1.165) is 9.13 Å². The molecule has 30 heavy (non-hydrogen) atoms. The molecule has 12 heteroatoms. The fourth-order valence-corrected chi connectivity index (χ4v) is 3.87. The smallest absolute Gasteiger partial charge is 0.275 e. The Bertz CT molecular complexity index is 1060. The van der Waals surface area contributed by atoms with Crippen LogP contribution in [0, 0.1) is 3.57 Å². The van der Waals surface area contributed by atoms with Gasteiger partial charge in [-0.2, -0.15) is 0 Å². The van der Waals surface area contributed by atoms with E-state index >= 15 is 0 Å². The summed E-state index contributed by atoms with van der Waals surface area (Å²) in [5, 5.41) is 23.9. The molecule has 11 nitrogen and oxygen atoms in total. The largest absolute Gasteiger partial charge is 0.387 e. The molecule has 0 spiro atoms. The van der Waals surface area contributed by atoms with Gasteiger partial charge in [0.05, 0.1) is 13.4 Å². The fourth-order valence-electron chi connectivity index (χ4n) is 3.26. The highest BCUT2D eigenvalue weighted by Crippen LogP contribution is 2.32. The Morgan fingerprint density at radius 2 is 2.13 bits per heavy atom.